The van der Waals surface area contributed by atoms with Crippen LogP contribution in [0, 0.1) is 0 Å². The molecule has 2 atom stereocenters. The molecule has 0 radical (unpaired) electrons. The topological polar surface area (TPSA) is 102 Å². The van der Waals surface area contributed by atoms with Gasteiger partial charge in [-0.2, -0.15) is 0 Å². The Morgan fingerprint density at radius 3 is 2.71 bits per heavy atom. The quantitative estimate of drug-likeness (QED) is 0.571. The van der Waals surface area contributed by atoms with Crippen molar-refractivity contribution in [2.24, 2.45) is 0 Å². The van der Waals surface area contributed by atoms with E-state index in [0.717, 1.165) is 0 Å². The molecule has 1 aliphatic rings. The van der Waals surface area contributed by atoms with Crippen LogP contribution in [0.15, 0.2) is 11.4 Å². The van der Waals surface area contributed by atoms with Crippen LogP contribution in [-0.2, 0) is 9.36 Å². The summed E-state index contributed by atoms with van der Waals surface area (Å²) < 4.78 is 11.3. The number of hydrogen-bond acceptors (Lipinski definition) is 2. The van der Waals surface area contributed by atoms with Crippen molar-refractivity contribution in [3.05, 3.63) is 11.4 Å². The van der Waals surface area contributed by atoms with Gasteiger partial charge in [0, 0.05) is 18.4 Å². The first-order valence-electron chi connectivity index (χ1n) is 4.37. The highest BCUT2D eigenvalue weighted by Crippen LogP contribution is 2.50. The van der Waals surface area contributed by atoms with Gasteiger partial charge in [0.05, 0.1) is 0 Å². The zero-order valence-electron chi connectivity index (χ0n) is 8.06. The molecule has 80 valence electrons. The van der Waals surface area contributed by atoms with E-state index in [-0.39, 0.29) is 0 Å². The van der Waals surface area contributed by atoms with Gasteiger partial charge in [0.2, 0.25) is 12.9 Å². The minimum atomic E-state index is -3.30. The number of rotatable bonds is 2. The fraction of sp³-hybridized carbons (Fsp3) is 0.625. The van der Waals surface area contributed by atoms with Gasteiger partial charge in [0.25, 0.3) is 0 Å². The highest BCUT2D eigenvalue weighted by molar-refractivity contribution is 7.61. The predicted molar refractivity (Wildman–Crippen MR) is 50.9 cm³/mol. The fourth-order valence-corrected chi connectivity index (χ4v) is 2.60. The summed E-state index contributed by atoms with van der Waals surface area (Å²) in [6.07, 6.45) is 2.86. The third-order valence-electron chi connectivity index (χ3n) is 2.46. The second kappa shape index (κ2) is 3.50. The Kier molecular flexibility index (Phi) is 2.86. The molecule has 0 heterocycles. The number of carbonyl (C=O) groups is 1. The summed E-state index contributed by atoms with van der Waals surface area (Å²) in [6.45, 7) is 1.23. The molecule has 0 aromatic carbocycles. The molecule has 6 heteroatoms. The Morgan fingerprint density at radius 2 is 2.29 bits per heavy atom. The third kappa shape index (κ3) is 2.23. The van der Waals surface area contributed by atoms with Crippen molar-refractivity contribution in [2.45, 2.75) is 24.8 Å². The van der Waals surface area contributed by atoms with Gasteiger partial charge < -0.3 is 15.7 Å². The van der Waals surface area contributed by atoms with E-state index in [1.807, 2.05) is 0 Å². The average molecular weight is 220 g/mol. The Balaban J connectivity index is 3.07. The lowest BCUT2D eigenvalue weighted by atomic mass is 9.89. The number of hydrogen-bond donors (Lipinski definition) is 3. The van der Waals surface area contributed by atoms with Crippen LogP contribution in [0.3, 0.4) is 0 Å². The Bertz CT molecular complexity index is 332. The van der Waals surface area contributed by atoms with E-state index in [1.165, 1.54) is 12.7 Å². The fourth-order valence-electron chi connectivity index (χ4n) is 1.54. The van der Waals surface area contributed by atoms with Gasteiger partial charge in [-0.3, -0.25) is 4.57 Å². The third-order valence-corrected chi connectivity index (χ3v) is 3.88. The van der Waals surface area contributed by atoms with Crippen LogP contribution in [0.2, 0.25) is 0 Å². The minimum Gasteiger partial charge on any atom is -0.476 e. The van der Waals surface area contributed by atoms with Gasteiger partial charge in [-0.25, -0.2) is 4.79 Å². The molecule has 1 rings (SSSR count). The molecule has 0 bridgehead atoms. The number of allylic oxidation sites excluding steroid dienone is 1. The molecule has 0 spiro atoms. The largest absolute Gasteiger partial charge is 0.476 e. The minimum absolute atomic E-state index is 0.334. The Labute approximate surface area is 82.1 Å². The van der Waals surface area contributed by atoms with E-state index in [4.69, 9.17) is 5.11 Å². The average Bonchev–Trinajstić information content (AvgIpc) is 2.02. The summed E-state index contributed by atoms with van der Waals surface area (Å²) in [6, 6.07) is 0. The SMILES string of the molecule is CP(=O)(O)C1=C[C@@]([NH3+])(C(=O)O)CCC1. The van der Waals surface area contributed by atoms with E-state index >= 15 is 0 Å². The van der Waals surface area contributed by atoms with Gasteiger partial charge in [0.1, 0.15) is 0 Å². The Hall–Kier alpha value is -0.640. The van der Waals surface area contributed by atoms with Crippen LogP contribution >= 0.6 is 7.37 Å². The number of carboxylic acids is 1. The first kappa shape index (κ1) is 11.4. The molecule has 0 saturated carbocycles. The monoisotopic (exact) mass is 220 g/mol. The zero-order chi connectivity index (χ0) is 11.0. The summed E-state index contributed by atoms with van der Waals surface area (Å²) >= 11 is 0. The molecule has 0 fully saturated rings. The first-order valence-corrected chi connectivity index (χ1v) is 6.48. The lowest BCUT2D eigenvalue weighted by Crippen LogP contribution is -2.76. The standard InChI is InChI=1S/C8H14NO4P/c1-14(12,13)6-3-2-4-8(9,5-6)7(10)11/h5H,2-4,9H2,1H3,(H,10,11)(H,12,13)/p+1/t8-/m1/s1. The van der Waals surface area contributed by atoms with Crippen LogP contribution in [0.25, 0.3) is 0 Å². The molecule has 5 N–H and O–H groups in total. The molecular weight excluding hydrogens is 205 g/mol. The number of quaternary nitrogens is 1. The molecule has 0 aromatic rings. The van der Waals surface area contributed by atoms with Crippen molar-refractivity contribution in [1.29, 1.82) is 0 Å². The van der Waals surface area contributed by atoms with Crippen molar-refractivity contribution >= 4 is 13.3 Å². The van der Waals surface area contributed by atoms with E-state index in [9.17, 15) is 14.3 Å². The van der Waals surface area contributed by atoms with Gasteiger partial charge in [0.15, 0.2) is 0 Å². The van der Waals surface area contributed by atoms with Gasteiger partial charge in [-0.15, -0.1) is 0 Å². The van der Waals surface area contributed by atoms with Crippen molar-refractivity contribution < 1.29 is 25.1 Å². The maximum Gasteiger partial charge on any atom is 0.369 e. The van der Waals surface area contributed by atoms with Gasteiger partial charge in [-0.05, 0) is 18.9 Å². The van der Waals surface area contributed by atoms with E-state index in [1.54, 1.807) is 0 Å². The van der Waals surface area contributed by atoms with Crippen LogP contribution < -0.4 is 5.73 Å². The van der Waals surface area contributed by atoms with E-state index < -0.39 is 18.9 Å². The Morgan fingerprint density at radius 1 is 1.71 bits per heavy atom. The molecule has 1 aliphatic carbocycles. The van der Waals surface area contributed by atoms with E-state index in [0.29, 0.717) is 24.6 Å². The van der Waals surface area contributed by atoms with Crippen LogP contribution in [-0.4, -0.2) is 28.2 Å². The highest BCUT2D eigenvalue weighted by Gasteiger charge is 2.40. The normalized spacial score (nSPS) is 31.8. The molecule has 5 nitrogen and oxygen atoms in total. The van der Waals surface area contributed by atoms with Crippen molar-refractivity contribution in [1.82, 2.24) is 0 Å². The summed E-state index contributed by atoms with van der Waals surface area (Å²) in [5, 5.41) is 9.24. The van der Waals surface area contributed by atoms with Gasteiger partial charge in [-0.1, -0.05) is 0 Å². The highest BCUT2D eigenvalue weighted by atomic mass is 31.2. The molecule has 0 amide bonds. The van der Waals surface area contributed by atoms with Crippen molar-refractivity contribution in [2.75, 3.05) is 6.66 Å². The number of carboxylic acid groups (broad SMARTS) is 1. The van der Waals surface area contributed by atoms with Gasteiger partial charge >= 0.3 is 5.97 Å². The van der Waals surface area contributed by atoms with Crippen LogP contribution in [0.4, 0.5) is 0 Å². The summed E-state index contributed by atoms with van der Waals surface area (Å²) in [7, 11) is -3.30. The smallest absolute Gasteiger partial charge is 0.369 e. The van der Waals surface area contributed by atoms with E-state index in [2.05, 4.69) is 5.73 Å². The molecule has 0 saturated heterocycles. The molecule has 14 heavy (non-hydrogen) atoms. The number of aliphatic carboxylic acids is 1. The van der Waals surface area contributed by atoms with Crippen LogP contribution in [0.5, 0.6) is 0 Å². The molecule has 1 unspecified atom stereocenters. The maximum atomic E-state index is 11.3. The second-order valence-corrected chi connectivity index (χ2v) is 6.16. The lowest BCUT2D eigenvalue weighted by molar-refractivity contribution is -0.447. The van der Waals surface area contributed by atoms with Crippen molar-refractivity contribution in [3.63, 3.8) is 0 Å². The lowest BCUT2D eigenvalue weighted by Gasteiger charge is -2.25. The second-order valence-electron chi connectivity index (χ2n) is 3.83. The summed E-state index contributed by atoms with van der Waals surface area (Å²) in [5.74, 6) is -1.04. The van der Waals surface area contributed by atoms with Crippen molar-refractivity contribution in [3.8, 4) is 0 Å². The molecular formula is C8H15NO4P+. The zero-order valence-corrected chi connectivity index (χ0v) is 8.96. The van der Waals surface area contributed by atoms with Crippen LogP contribution in [0.1, 0.15) is 19.3 Å². The summed E-state index contributed by atoms with van der Waals surface area (Å²) in [5.41, 5.74) is 2.36. The molecule has 0 aliphatic heterocycles. The summed E-state index contributed by atoms with van der Waals surface area (Å²) in [4.78, 5) is 20.2. The first-order chi connectivity index (χ1) is 6.26. The predicted octanol–water partition coefficient (Wildman–Crippen LogP) is 0.0197. The molecule has 0 aromatic heterocycles. The maximum absolute atomic E-state index is 11.3.